The molecule has 0 atom stereocenters. The second kappa shape index (κ2) is 8.62. The number of hydrogen-bond donors (Lipinski definition) is 3. The molecule has 0 spiro atoms. The SMILES string of the molecule is NC(=O)c1cc(Oc2ccc(NC(=O)Nc3ccc4c(c3)OC(F)(F)C(F)(F)O4)c(F)c2)ccn1. The number of halogens is 5. The minimum absolute atomic E-state index is 0.0274. The van der Waals surface area contributed by atoms with Gasteiger partial charge in [-0.3, -0.25) is 9.78 Å². The van der Waals surface area contributed by atoms with Gasteiger partial charge in [0.2, 0.25) is 0 Å². The normalized spacial score (nSPS) is 15.1. The van der Waals surface area contributed by atoms with Gasteiger partial charge in [0.1, 0.15) is 23.0 Å². The fourth-order valence-corrected chi connectivity index (χ4v) is 2.84. The van der Waals surface area contributed by atoms with Gasteiger partial charge in [-0.05, 0) is 30.3 Å². The summed E-state index contributed by atoms with van der Waals surface area (Å²) < 4.78 is 80.9. The Labute approximate surface area is 192 Å². The topological polar surface area (TPSA) is 125 Å². The molecule has 1 aliphatic rings. The molecule has 2 aromatic carbocycles. The molecule has 0 saturated carbocycles. The molecule has 0 aliphatic carbocycles. The van der Waals surface area contributed by atoms with Gasteiger partial charge in [-0.2, -0.15) is 17.6 Å². The third-order valence-electron chi connectivity index (χ3n) is 4.42. The fourth-order valence-electron chi connectivity index (χ4n) is 2.84. The van der Waals surface area contributed by atoms with E-state index in [1.165, 1.54) is 30.5 Å². The Morgan fingerprint density at radius 1 is 0.886 bits per heavy atom. The van der Waals surface area contributed by atoms with E-state index in [2.05, 4.69) is 25.1 Å². The van der Waals surface area contributed by atoms with Gasteiger partial charge in [-0.1, -0.05) is 0 Å². The van der Waals surface area contributed by atoms with Crippen LogP contribution in [0, 0.1) is 5.82 Å². The summed E-state index contributed by atoms with van der Waals surface area (Å²) in [6.07, 6.45) is -8.52. The lowest BCUT2D eigenvalue weighted by Crippen LogP contribution is -2.52. The largest absolute Gasteiger partial charge is 0.507 e. The number of fused-ring (bicyclic) bond motifs is 1. The number of carbonyl (C=O) groups is 2. The Hall–Kier alpha value is -4.62. The van der Waals surface area contributed by atoms with Crippen LogP contribution in [0.1, 0.15) is 10.5 Å². The Morgan fingerprint density at radius 3 is 2.26 bits per heavy atom. The van der Waals surface area contributed by atoms with Crippen LogP contribution in [0.5, 0.6) is 23.0 Å². The van der Waals surface area contributed by atoms with Gasteiger partial charge in [0, 0.05) is 30.1 Å². The van der Waals surface area contributed by atoms with E-state index in [-0.39, 0.29) is 28.6 Å². The van der Waals surface area contributed by atoms with Gasteiger partial charge < -0.3 is 30.6 Å². The summed E-state index contributed by atoms with van der Waals surface area (Å²) in [7, 11) is 0. The molecule has 35 heavy (non-hydrogen) atoms. The number of anilines is 2. The van der Waals surface area contributed by atoms with Crippen LogP contribution < -0.4 is 30.6 Å². The zero-order valence-electron chi connectivity index (χ0n) is 17.2. The third kappa shape index (κ3) is 5.00. The Kier molecular flexibility index (Phi) is 5.80. The average molecular weight is 496 g/mol. The van der Waals surface area contributed by atoms with Crippen LogP contribution in [0.2, 0.25) is 0 Å². The monoisotopic (exact) mass is 496 g/mol. The maximum Gasteiger partial charge on any atom is 0.507 e. The minimum Gasteiger partial charge on any atom is -0.457 e. The number of primary amides is 1. The number of aromatic nitrogens is 1. The number of nitrogens with one attached hydrogen (secondary N) is 2. The molecule has 3 amide bonds. The van der Waals surface area contributed by atoms with Gasteiger partial charge in [0.25, 0.3) is 5.91 Å². The van der Waals surface area contributed by atoms with Gasteiger partial charge in [-0.25, -0.2) is 9.18 Å². The third-order valence-corrected chi connectivity index (χ3v) is 4.42. The number of amides is 3. The predicted molar refractivity (Wildman–Crippen MR) is 109 cm³/mol. The number of pyridine rings is 1. The number of carbonyl (C=O) groups excluding carboxylic acids is 2. The van der Waals surface area contributed by atoms with E-state index in [1.54, 1.807) is 0 Å². The van der Waals surface area contributed by atoms with Crippen LogP contribution in [-0.4, -0.2) is 29.1 Å². The summed E-state index contributed by atoms with van der Waals surface area (Å²) in [6, 6.07) is 7.94. The lowest BCUT2D eigenvalue weighted by Gasteiger charge is -2.31. The number of benzene rings is 2. The van der Waals surface area contributed by atoms with Crippen molar-refractivity contribution in [1.82, 2.24) is 4.98 Å². The molecule has 2 heterocycles. The molecule has 4 rings (SSSR count). The zero-order valence-corrected chi connectivity index (χ0v) is 17.2. The zero-order chi connectivity index (χ0) is 25.4. The average Bonchev–Trinajstić information content (AvgIpc) is 2.76. The first-order valence-electron chi connectivity index (χ1n) is 9.52. The smallest absolute Gasteiger partial charge is 0.457 e. The molecule has 1 aromatic heterocycles. The first-order chi connectivity index (χ1) is 16.4. The molecule has 1 aliphatic heterocycles. The van der Waals surface area contributed by atoms with E-state index in [4.69, 9.17) is 10.5 Å². The van der Waals surface area contributed by atoms with Crippen LogP contribution >= 0.6 is 0 Å². The highest BCUT2D eigenvalue weighted by atomic mass is 19.3. The number of rotatable bonds is 5. The molecule has 0 bridgehead atoms. The molecular weight excluding hydrogens is 483 g/mol. The standard InChI is InChI=1S/C21H13F5N4O5/c22-13-8-11(33-12-5-6-28-15(9-12)18(27)31)2-3-14(13)30-19(32)29-10-1-4-16-17(7-10)35-21(25,26)20(23,24)34-16/h1-9H,(H2,27,31)(H2,29,30,32). The second-order valence-corrected chi connectivity index (χ2v) is 6.96. The molecule has 3 aromatic rings. The van der Waals surface area contributed by atoms with E-state index in [1.807, 2.05) is 0 Å². The van der Waals surface area contributed by atoms with Crippen molar-refractivity contribution < 1.29 is 45.8 Å². The molecule has 0 radical (unpaired) electrons. The van der Waals surface area contributed by atoms with Gasteiger partial charge in [-0.15, -0.1) is 0 Å². The van der Waals surface area contributed by atoms with Crippen LogP contribution in [-0.2, 0) is 0 Å². The first kappa shape index (κ1) is 23.5. The molecule has 182 valence electrons. The summed E-state index contributed by atoms with van der Waals surface area (Å²) in [5, 5.41) is 4.41. The van der Waals surface area contributed by atoms with E-state index in [0.29, 0.717) is 0 Å². The Bertz CT molecular complexity index is 1320. The minimum atomic E-state index is -4.93. The van der Waals surface area contributed by atoms with E-state index >= 15 is 0 Å². The summed E-state index contributed by atoms with van der Waals surface area (Å²) in [4.78, 5) is 27.1. The number of urea groups is 1. The van der Waals surface area contributed by atoms with Crippen molar-refractivity contribution in [3.63, 3.8) is 0 Å². The number of alkyl halides is 4. The molecule has 0 saturated heterocycles. The fraction of sp³-hybridized carbons (Fsp3) is 0.0952. The van der Waals surface area contributed by atoms with Crippen LogP contribution in [0.25, 0.3) is 0 Å². The highest BCUT2D eigenvalue weighted by molar-refractivity contribution is 6.00. The van der Waals surface area contributed by atoms with E-state index in [0.717, 1.165) is 24.3 Å². The molecule has 9 nitrogen and oxygen atoms in total. The van der Waals surface area contributed by atoms with Crippen molar-refractivity contribution in [3.8, 4) is 23.0 Å². The number of nitrogens with zero attached hydrogens (tertiary/aromatic N) is 1. The van der Waals surface area contributed by atoms with Crippen molar-refractivity contribution in [3.05, 3.63) is 66.2 Å². The summed E-state index contributed by atoms with van der Waals surface area (Å²) in [5.74, 6) is -2.89. The van der Waals surface area contributed by atoms with Gasteiger partial charge in [0.05, 0.1) is 5.69 Å². The maximum absolute atomic E-state index is 14.4. The van der Waals surface area contributed by atoms with Crippen LogP contribution in [0.4, 0.5) is 38.1 Å². The summed E-state index contributed by atoms with van der Waals surface area (Å²) in [5.41, 5.74) is 4.67. The second-order valence-electron chi connectivity index (χ2n) is 6.96. The quantitative estimate of drug-likeness (QED) is 0.440. The van der Waals surface area contributed by atoms with Crippen molar-refractivity contribution in [1.29, 1.82) is 0 Å². The van der Waals surface area contributed by atoms with Crippen LogP contribution in [0.3, 0.4) is 0 Å². The van der Waals surface area contributed by atoms with Crippen molar-refractivity contribution in [2.75, 3.05) is 10.6 Å². The maximum atomic E-state index is 14.4. The van der Waals surface area contributed by atoms with Crippen molar-refractivity contribution in [2.45, 2.75) is 12.2 Å². The first-order valence-corrected chi connectivity index (χ1v) is 9.52. The number of hydrogen-bond acceptors (Lipinski definition) is 6. The van der Waals surface area contributed by atoms with E-state index < -0.39 is 41.5 Å². The number of ether oxygens (including phenoxy) is 3. The molecule has 0 fully saturated rings. The highest BCUT2D eigenvalue weighted by Crippen LogP contribution is 2.47. The lowest BCUT2D eigenvalue weighted by atomic mass is 10.2. The lowest BCUT2D eigenvalue weighted by molar-refractivity contribution is -0.391. The van der Waals surface area contributed by atoms with Crippen molar-refractivity contribution >= 4 is 23.3 Å². The molecule has 14 heteroatoms. The Morgan fingerprint density at radius 2 is 1.57 bits per heavy atom. The van der Waals surface area contributed by atoms with E-state index in [9.17, 15) is 31.5 Å². The molecule has 4 N–H and O–H groups in total. The predicted octanol–water partition coefficient (Wildman–Crippen LogP) is 4.71. The van der Waals surface area contributed by atoms with Gasteiger partial charge >= 0.3 is 18.2 Å². The van der Waals surface area contributed by atoms with Crippen molar-refractivity contribution in [2.24, 2.45) is 5.73 Å². The summed E-state index contributed by atoms with van der Waals surface area (Å²) >= 11 is 0. The van der Waals surface area contributed by atoms with Gasteiger partial charge in [0.15, 0.2) is 11.5 Å². The van der Waals surface area contributed by atoms with Crippen LogP contribution in [0.15, 0.2) is 54.7 Å². The summed E-state index contributed by atoms with van der Waals surface area (Å²) in [6.45, 7) is 0. The molecular formula is C21H13F5N4O5. The highest BCUT2D eigenvalue weighted by Gasteiger charge is 2.65. The molecule has 0 unspecified atom stereocenters. The number of nitrogens with two attached hydrogens (primary N) is 1. The Balaban J connectivity index is 1.42.